The Kier molecular flexibility index (Phi) is 1.21. The van der Waals surface area contributed by atoms with Gasteiger partial charge < -0.3 is 10.1 Å². The highest BCUT2D eigenvalue weighted by molar-refractivity contribution is 6.02. The average molecular weight is 169 g/mol. The van der Waals surface area contributed by atoms with Crippen molar-refractivity contribution in [2.24, 2.45) is 10.8 Å². The van der Waals surface area contributed by atoms with Crippen LogP contribution in [0.15, 0.2) is 0 Å². The lowest BCUT2D eigenvalue weighted by atomic mass is 9.70. The zero-order valence-corrected chi connectivity index (χ0v) is 7.14. The van der Waals surface area contributed by atoms with Gasteiger partial charge in [-0.25, -0.2) is 0 Å². The van der Waals surface area contributed by atoms with Crippen LogP contribution >= 0.6 is 0 Å². The van der Waals surface area contributed by atoms with E-state index in [1.165, 1.54) is 0 Å². The van der Waals surface area contributed by atoms with Crippen LogP contribution in [0.4, 0.5) is 0 Å². The van der Waals surface area contributed by atoms with Gasteiger partial charge in [-0.2, -0.15) is 0 Å². The van der Waals surface area contributed by atoms with Crippen LogP contribution < -0.4 is 5.32 Å². The van der Waals surface area contributed by atoms with E-state index < -0.39 is 10.8 Å². The van der Waals surface area contributed by atoms with Gasteiger partial charge >= 0.3 is 11.9 Å². The number of carbonyl (C=O) groups is 2. The van der Waals surface area contributed by atoms with Gasteiger partial charge in [-0.15, -0.1) is 0 Å². The highest BCUT2D eigenvalue weighted by Crippen LogP contribution is 2.48. The minimum Gasteiger partial charge on any atom is -0.392 e. The summed E-state index contributed by atoms with van der Waals surface area (Å²) in [5, 5.41) is 3.04. The molecule has 0 aliphatic carbocycles. The van der Waals surface area contributed by atoms with Crippen LogP contribution in [0, 0.1) is 10.8 Å². The van der Waals surface area contributed by atoms with Gasteiger partial charge in [0, 0.05) is 13.1 Å². The minimum atomic E-state index is -0.649. The summed E-state index contributed by atoms with van der Waals surface area (Å²) >= 11 is 0. The van der Waals surface area contributed by atoms with Gasteiger partial charge in [0.05, 0.1) is 10.8 Å². The molecular weight excluding hydrogens is 158 g/mol. The molecule has 4 nitrogen and oxygen atoms in total. The van der Waals surface area contributed by atoms with Gasteiger partial charge in [-0.05, 0) is 13.8 Å². The summed E-state index contributed by atoms with van der Waals surface area (Å²) in [5.41, 5.74) is -1.30. The van der Waals surface area contributed by atoms with Gasteiger partial charge in [0.2, 0.25) is 0 Å². The third-order valence-electron chi connectivity index (χ3n) is 3.26. The van der Waals surface area contributed by atoms with E-state index in [4.69, 9.17) is 0 Å². The predicted molar refractivity (Wildman–Crippen MR) is 40.2 cm³/mol. The number of carbonyl (C=O) groups excluding carboxylic acids is 2. The van der Waals surface area contributed by atoms with E-state index in [9.17, 15) is 9.59 Å². The highest BCUT2D eigenvalue weighted by atomic mass is 16.6. The molecule has 12 heavy (non-hydrogen) atoms. The first-order valence-corrected chi connectivity index (χ1v) is 3.98. The summed E-state index contributed by atoms with van der Waals surface area (Å²) in [4.78, 5) is 22.6. The van der Waals surface area contributed by atoms with Crippen LogP contribution in [0.2, 0.25) is 0 Å². The Labute approximate surface area is 70.3 Å². The minimum absolute atomic E-state index is 0.389. The third-order valence-corrected chi connectivity index (χ3v) is 3.26. The molecule has 0 radical (unpaired) electrons. The Bertz CT molecular complexity index is 249. The molecular formula is C8H11NO3. The molecule has 2 rings (SSSR count). The van der Waals surface area contributed by atoms with E-state index in [0.717, 1.165) is 0 Å². The van der Waals surface area contributed by atoms with Crippen molar-refractivity contribution in [3.63, 3.8) is 0 Å². The summed E-state index contributed by atoms with van der Waals surface area (Å²) in [6.07, 6.45) is 0. The van der Waals surface area contributed by atoms with Crippen LogP contribution in [0.3, 0.4) is 0 Å². The molecule has 4 heteroatoms. The monoisotopic (exact) mass is 169 g/mol. The second-order valence-electron chi connectivity index (χ2n) is 3.94. The van der Waals surface area contributed by atoms with Crippen molar-refractivity contribution >= 4 is 11.9 Å². The summed E-state index contributed by atoms with van der Waals surface area (Å²) in [6, 6.07) is 0. The standard InChI is InChI=1S/C8H11NO3/c1-7-3-9-4-8(7,2)6(11)12-5(7)10/h9H,3-4H2,1-2H3. The van der Waals surface area contributed by atoms with Gasteiger partial charge in [-0.1, -0.05) is 0 Å². The summed E-state index contributed by atoms with van der Waals surface area (Å²) in [6.45, 7) is 4.63. The zero-order valence-electron chi connectivity index (χ0n) is 7.14. The SMILES string of the molecule is CC12CNCC1(C)C(=O)OC2=O. The predicted octanol–water partition coefficient (Wildman–Crippen LogP) is -0.314. The molecule has 0 aromatic carbocycles. The maximum atomic E-state index is 11.3. The Morgan fingerprint density at radius 1 is 1.17 bits per heavy atom. The first-order valence-electron chi connectivity index (χ1n) is 3.98. The molecule has 0 aromatic heterocycles. The third kappa shape index (κ3) is 0.579. The molecule has 2 unspecified atom stereocenters. The molecule has 2 atom stereocenters. The fourth-order valence-electron chi connectivity index (χ4n) is 1.86. The highest BCUT2D eigenvalue weighted by Gasteiger charge is 2.65. The number of fused-ring (bicyclic) bond motifs is 1. The van der Waals surface area contributed by atoms with E-state index in [-0.39, 0.29) is 11.9 Å². The molecule has 0 saturated carbocycles. The molecule has 2 aliphatic heterocycles. The molecule has 2 aliphatic rings. The number of cyclic esters (lactones) is 2. The van der Waals surface area contributed by atoms with Crippen LogP contribution in [0.1, 0.15) is 13.8 Å². The molecule has 2 heterocycles. The van der Waals surface area contributed by atoms with Crippen molar-refractivity contribution in [2.75, 3.05) is 13.1 Å². The largest absolute Gasteiger partial charge is 0.392 e. The van der Waals surface area contributed by atoms with E-state index >= 15 is 0 Å². The van der Waals surface area contributed by atoms with Crippen molar-refractivity contribution in [2.45, 2.75) is 13.8 Å². The van der Waals surface area contributed by atoms with E-state index in [0.29, 0.717) is 13.1 Å². The summed E-state index contributed by atoms with van der Waals surface area (Å²) in [5.74, 6) is -0.778. The fourth-order valence-corrected chi connectivity index (χ4v) is 1.86. The lowest BCUT2D eigenvalue weighted by Gasteiger charge is -2.24. The first kappa shape index (κ1) is 7.73. The zero-order chi connectivity index (χ0) is 8.98. The van der Waals surface area contributed by atoms with Crippen molar-refractivity contribution in [3.8, 4) is 0 Å². The quantitative estimate of drug-likeness (QED) is 0.399. The number of ether oxygens (including phenoxy) is 1. The maximum Gasteiger partial charge on any atom is 0.321 e. The topological polar surface area (TPSA) is 55.4 Å². The van der Waals surface area contributed by atoms with Gasteiger partial charge in [0.1, 0.15) is 0 Å². The van der Waals surface area contributed by atoms with Crippen LogP contribution in [0.25, 0.3) is 0 Å². The van der Waals surface area contributed by atoms with Crippen LogP contribution in [-0.4, -0.2) is 25.0 Å². The van der Waals surface area contributed by atoms with Crippen LogP contribution in [0.5, 0.6) is 0 Å². The molecule has 0 bridgehead atoms. The molecule has 1 N–H and O–H groups in total. The molecule has 0 spiro atoms. The summed E-state index contributed by atoms with van der Waals surface area (Å²) in [7, 11) is 0. The normalized spacial score (nSPS) is 46.2. The Morgan fingerprint density at radius 2 is 1.58 bits per heavy atom. The van der Waals surface area contributed by atoms with Crippen molar-refractivity contribution < 1.29 is 14.3 Å². The van der Waals surface area contributed by atoms with Crippen molar-refractivity contribution in [3.05, 3.63) is 0 Å². The number of nitrogens with one attached hydrogen (secondary N) is 1. The first-order chi connectivity index (χ1) is 5.51. The Balaban J connectivity index is 2.52. The van der Waals surface area contributed by atoms with Gasteiger partial charge in [0.25, 0.3) is 0 Å². The Morgan fingerprint density at radius 3 is 2.00 bits per heavy atom. The smallest absolute Gasteiger partial charge is 0.321 e. The van der Waals surface area contributed by atoms with Gasteiger partial charge in [-0.3, -0.25) is 9.59 Å². The fraction of sp³-hybridized carbons (Fsp3) is 0.750. The lowest BCUT2D eigenvalue weighted by molar-refractivity contribution is -0.156. The second-order valence-corrected chi connectivity index (χ2v) is 3.94. The van der Waals surface area contributed by atoms with Crippen LogP contribution in [-0.2, 0) is 14.3 Å². The maximum absolute atomic E-state index is 11.3. The van der Waals surface area contributed by atoms with E-state index in [1.54, 1.807) is 13.8 Å². The summed E-state index contributed by atoms with van der Waals surface area (Å²) < 4.78 is 4.62. The Hall–Kier alpha value is -0.900. The number of esters is 2. The molecule has 0 aromatic rings. The molecule has 66 valence electrons. The van der Waals surface area contributed by atoms with E-state index in [2.05, 4.69) is 10.1 Å². The number of rotatable bonds is 0. The lowest BCUT2D eigenvalue weighted by Crippen LogP contribution is -2.38. The molecule has 0 amide bonds. The van der Waals surface area contributed by atoms with Crippen molar-refractivity contribution in [1.82, 2.24) is 5.32 Å². The second kappa shape index (κ2) is 1.88. The van der Waals surface area contributed by atoms with E-state index in [1.807, 2.05) is 0 Å². The number of hydrogen-bond donors (Lipinski definition) is 1. The van der Waals surface area contributed by atoms with Crippen molar-refractivity contribution in [1.29, 1.82) is 0 Å². The number of hydrogen-bond acceptors (Lipinski definition) is 4. The molecule has 2 saturated heterocycles. The average Bonchev–Trinajstić information content (AvgIpc) is 2.37. The molecule has 2 fully saturated rings. The van der Waals surface area contributed by atoms with Gasteiger partial charge in [0.15, 0.2) is 0 Å².